The van der Waals surface area contributed by atoms with Gasteiger partial charge in [-0.25, -0.2) is 9.97 Å². The predicted molar refractivity (Wildman–Crippen MR) is 345 cm³/mol. The number of benzene rings is 4. The quantitative estimate of drug-likeness (QED) is 0.129. The van der Waals surface area contributed by atoms with Gasteiger partial charge in [-0.1, -0.05) is 97.1 Å². The zero-order chi connectivity index (χ0) is 60.0. The summed E-state index contributed by atoms with van der Waals surface area (Å²) >= 11 is 0. The van der Waals surface area contributed by atoms with Crippen molar-refractivity contribution in [3.63, 3.8) is 0 Å². The van der Waals surface area contributed by atoms with Crippen LogP contribution in [0.1, 0.15) is 45.3 Å². The SMILES string of the molecule is COc1ccc(-c2cccc(C)n2)cc1.COc1ccc(-c2cccc(C)n2)cc1OC.Cc1ccc(N2CCOCC2)nc1.Cc1cccc(-c2ccccc2)n1.Cc1cccc(Cc2ccccc2)n1.Cc1cccc(N2CCOCC2)n1. The van der Waals surface area contributed by atoms with Crippen molar-refractivity contribution in [1.82, 2.24) is 29.9 Å². The van der Waals surface area contributed by atoms with Crippen LogP contribution < -0.4 is 24.0 Å². The van der Waals surface area contributed by atoms with E-state index >= 15 is 0 Å². The molecule has 2 aliphatic rings. The molecule has 8 heterocycles. The highest BCUT2D eigenvalue weighted by Crippen LogP contribution is 2.32. The van der Waals surface area contributed by atoms with Gasteiger partial charge in [0.05, 0.1) is 64.8 Å². The number of morpholine rings is 2. The molecular weight excluding hydrogens is 1060 g/mol. The minimum Gasteiger partial charge on any atom is -0.497 e. The van der Waals surface area contributed by atoms with Crippen LogP contribution in [0.5, 0.6) is 17.2 Å². The van der Waals surface area contributed by atoms with Crippen LogP contribution in [-0.4, -0.2) is 104 Å². The first kappa shape index (κ1) is 63.3. The average Bonchev–Trinajstić information content (AvgIpc) is 3.74. The Morgan fingerprint density at radius 1 is 0.376 bits per heavy atom. The zero-order valence-corrected chi connectivity index (χ0v) is 50.7. The molecule has 0 aliphatic carbocycles. The lowest BCUT2D eigenvalue weighted by atomic mass is 10.1. The number of ether oxygens (including phenoxy) is 5. The van der Waals surface area contributed by atoms with E-state index in [0.717, 1.165) is 145 Å². The first-order valence-corrected chi connectivity index (χ1v) is 28.7. The van der Waals surface area contributed by atoms with Crippen LogP contribution in [-0.2, 0) is 15.9 Å². The Balaban J connectivity index is 0.000000146. The lowest BCUT2D eigenvalue weighted by molar-refractivity contribution is 0.122. The van der Waals surface area contributed by atoms with Crippen molar-refractivity contribution in [1.29, 1.82) is 0 Å². The molecule has 0 bridgehead atoms. The molecule has 0 spiro atoms. The molecule has 0 N–H and O–H groups in total. The maximum absolute atomic E-state index is 5.28. The standard InChI is InChI=1S/C14H15NO2.C13H13NO.C13H13N.C12H11N.2C10H14N2O/c1-10-5-4-6-12(15-10)11-7-8-13(16-2)14(9-11)17-3;1-10-4-3-5-13(14-10)11-6-8-12(15-2)9-7-11;1-11-6-5-9-13(14-11)10-12-7-3-2-4-8-12;1-10-6-5-9-12(13-10)11-7-3-2-4-8-11;1-9-2-3-10(11-8-9)12-4-6-13-7-5-12;1-9-3-2-4-10(11-9)12-5-7-13-8-6-12/h4-9H,1-3H3;3-9H,1-2H3;2-9H,10H2,1H3;2-9H,1H3;2-3,8H,4-7H2,1H3;2-4H,5-8H2,1H3. The largest absolute Gasteiger partial charge is 0.497 e. The highest BCUT2D eigenvalue weighted by molar-refractivity contribution is 5.64. The zero-order valence-electron chi connectivity index (χ0n) is 50.7. The topological polar surface area (TPSA) is 130 Å². The number of anilines is 2. The summed E-state index contributed by atoms with van der Waals surface area (Å²) in [6, 6.07) is 68.8. The minimum absolute atomic E-state index is 0.716. The van der Waals surface area contributed by atoms with E-state index < -0.39 is 0 Å². The molecule has 2 aliphatic heterocycles. The van der Waals surface area contributed by atoms with Crippen molar-refractivity contribution in [2.75, 3.05) is 83.7 Å². The van der Waals surface area contributed by atoms with E-state index in [1.807, 2.05) is 180 Å². The van der Waals surface area contributed by atoms with Crippen LogP contribution in [0.25, 0.3) is 33.8 Å². The second-order valence-corrected chi connectivity index (χ2v) is 20.1. The molecule has 2 saturated heterocycles. The lowest BCUT2D eigenvalue weighted by Gasteiger charge is -2.27. The van der Waals surface area contributed by atoms with E-state index in [1.165, 1.54) is 16.7 Å². The number of aryl methyl sites for hydroxylation is 6. The molecule has 0 saturated carbocycles. The number of methoxy groups -OCH3 is 3. The first-order chi connectivity index (χ1) is 41.5. The summed E-state index contributed by atoms with van der Waals surface area (Å²) in [5.74, 6) is 4.45. The van der Waals surface area contributed by atoms with Crippen molar-refractivity contribution in [3.05, 3.63) is 258 Å². The van der Waals surface area contributed by atoms with Gasteiger partial charge in [0.2, 0.25) is 0 Å². The van der Waals surface area contributed by atoms with Gasteiger partial charge in [0.1, 0.15) is 17.4 Å². The highest BCUT2D eigenvalue weighted by atomic mass is 16.5. The van der Waals surface area contributed by atoms with Gasteiger partial charge >= 0.3 is 0 Å². The molecule has 0 atom stereocenters. The molecule has 85 heavy (non-hydrogen) atoms. The van der Waals surface area contributed by atoms with Crippen molar-refractivity contribution < 1.29 is 23.7 Å². The fourth-order valence-electron chi connectivity index (χ4n) is 8.92. The molecule has 4 aromatic carbocycles. The molecule has 2 fully saturated rings. The van der Waals surface area contributed by atoms with Gasteiger partial charge in [0.25, 0.3) is 0 Å². The third-order valence-electron chi connectivity index (χ3n) is 13.4. The van der Waals surface area contributed by atoms with E-state index in [-0.39, 0.29) is 0 Å². The maximum atomic E-state index is 5.28. The van der Waals surface area contributed by atoms with Crippen molar-refractivity contribution in [2.45, 2.75) is 48.0 Å². The second kappa shape index (κ2) is 34.3. The predicted octanol–water partition coefficient (Wildman–Crippen LogP) is 14.6. The first-order valence-electron chi connectivity index (χ1n) is 28.7. The van der Waals surface area contributed by atoms with Crippen molar-refractivity contribution in [2.24, 2.45) is 0 Å². The van der Waals surface area contributed by atoms with E-state index in [9.17, 15) is 0 Å². The Kier molecular flexibility index (Phi) is 25.6. The highest BCUT2D eigenvalue weighted by Gasteiger charge is 2.13. The van der Waals surface area contributed by atoms with Gasteiger partial charge in [-0.2, -0.15) is 0 Å². The lowest BCUT2D eigenvalue weighted by Crippen LogP contribution is -2.36. The van der Waals surface area contributed by atoms with E-state index in [1.54, 1.807) is 21.3 Å². The van der Waals surface area contributed by atoms with E-state index in [4.69, 9.17) is 23.7 Å². The van der Waals surface area contributed by atoms with E-state index in [0.29, 0.717) is 5.75 Å². The number of rotatable bonds is 10. The molecule has 0 amide bonds. The summed E-state index contributed by atoms with van der Waals surface area (Å²) in [5.41, 5.74) is 15.2. The Morgan fingerprint density at radius 2 is 0.835 bits per heavy atom. The van der Waals surface area contributed by atoms with E-state index in [2.05, 4.69) is 113 Å². The fourth-order valence-corrected chi connectivity index (χ4v) is 8.92. The van der Waals surface area contributed by atoms with Crippen LogP contribution in [0.4, 0.5) is 11.6 Å². The third-order valence-corrected chi connectivity index (χ3v) is 13.4. The fraction of sp³-hybridized carbons (Fsp3) is 0.250. The van der Waals surface area contributed by atoms with Gasteiger partial charge in [0.15, 0.2) is 11.5 Å². The number of hydrogen-bond donors (Lipinski definition) is 0. The Morgan fingerprint density at radius 3 is 1.32 bits per heavy atom. The van der Waals surface area contributed by atoms with Gasteiger partial charge in [-0.3, -0.25) is 19.9 Å². The monoisotopic (exact) mass is 1140 g/mol. The molecule has 0 unspecified atom stereocenters. The summed E-state index contributed by atoms with van der Waals surface area (Å²) in [6.45, 7) is 19.1. The average molecular weight is 1140 g/mol. The summed E-state index contributed by atoms with van der Waals surface area (Å²) in [5, 5.41) is 0. The summed E-state index contributed by atoms with van der Waals surface area (Å²) in [6.07, 6.45) is 2.83. The summed E-state index contributed by atoms with van der Waals surface area (Å²) in [7, 11) is 4.92. The Labute approximate surface area is 503 Å². The van der Waals surface area contributed by atoms with Crippen LogP contribution in [0.15, 0.2) is 212 Å². The van der Waals surface area contributed by atoms with Crippen molar-refractivity contribution >= 4 is 11.6 Å². The van der Waals surface area contributed by atoms with Gasteiger partial charge in [0, 0.05) is 89.7 Å². The van der Waals surface area contributed by atoms with Gasteiger partial charge in [-0.05, 0) is 162 Å². The summed E-state index contributed by atoms with van der Waals surface area (Å²) in [4.78, 5) is 31.2. The third kappa shape index (κ3) is 21.4. The van der Waals surface area contributed by atoms with Crippen LogP contribution in [0.2, 0.25) is 0 Å². The molecule has 438 valence electrons. The number of aromatic nitrogens is 6. The molecular formula is C72H80N8O5. The molecule has 0 radical (unpaired) electrons. The second-order valence-electron chi connectivity index (χ2n) is 20.1. The summed E-state index contributed by atoms with van der Waals surface area (Å²) < 4.78 is 26.1. The smallest absolute Gasteiger partial charge is 0.161 e. The number of hydrogen-bond acceptors (Lipinski definition) is 13. The van der Waals surface area contributed by atoms with Crippen LogP contribution >= 0.6 is 0 Å². The van der Waals surface area contributed by atoms with Crippen LogP contribution in [0, 0.1) is 41.5 Å². The number of pyridine rings is 6. The minimum atomic E-state index is 0.716. The molecule has 10 aromatic rings. The molecule has 12 rings (SSSR count). The molecule has 6 aromatic heterocycles. The molecule has 13 nitrogen and oxygen atoms in total. The Bertz CT molecular complexity index is 3520. The Hall–Kier alpha value is -9.30. The maximum Gasteiger partial charge on any atom is 0.161 e. The van der Waals surface area contributed by atoms with Gasteiger partial charge < -0.3 is 33.5 Å². The normalized spacial score (nSPS) is 12.3. The van der Waals surface area contributed by atoms with Crippen LogP contribution in [0.3, 0.4) is 0 Å². The van der Waals surface area contributed by atoms with Gasteiger partial charge in [-0.15, -0.1) is 0 Å². The molecule has 13 heteroatoms. The number of nitrogens with zero attached hydrogens (tertiary/aromatic N) is 8. The van der Waals surface area contributed by atoms with Crippen molar-refractivity contribution in [3.8, 4) is 51.0 Å².